The van der Waals surface area contributed by atoms with Crippen molar-refractivity contribution in [3.8, 4) is 0 Å². The van der Waals surface area contributed by atoms with E-state index in [0.717, 1.165) is 31.3 Å². The highest BCUT2D eigenvalue weighted by atomic mass is 16.7. The topological polar surface area (TPSA) is 57.2 Å². The fourth-order valence-electron chi connectivity index (χ4n) is 4.83. The lowest BCUT2D eigenvalue weighted by molar-refractivity contribution is -0.205. The second-order valence-corrected chi connectivity index (χ2v) is 8.82. The Hall–Kier alpha value is -0.720. The highest BCUT2D eigenvalue weighted by Gasteiger charge is 2.48. The molecule has 1 unspecified atom stereocenters. The van der Waals surface area contributed by atoms with Gasteiger partial charge in [0.25, 0.3) is 0 Å². The molecule has 1 N–H and O–H groups in total. The van der Waals surface area contributed by atoms with Crippen LogP contribution in [-0.4, -0.2) is 57.1 Å². The van der Waals surface area contributed by atoms with E-state index in [4.69, 9.17) is 18.9 Å². The summed E-state index contributed by atoms with van der Waals surface area (Å²) in [5, 5.41) is 10.8. The second kappa shape index (κ2) is 11.6. The third-order valence-corrected chi connectivity index (χ3v) is 6.95. The van der Waals surface area contributed by atoms with Crippen LogP contribution >= 0.6 is 0 Å². The predicted molar refractivity (Wildman–Crippen MR) is 116 cm³/mol. The molecule has 9 atom stereocenters. The van der Waals surface area contributed by atoms with Crippen LogP contribution < -0.4 is 0 Å². The number of rotatable bonds is 11. The van der Waals surface area contributed by atoms with Gasteiger partial charge < -0.3 is 24.1 Å². The van der Waals surface area contributed by atoms with Gasteiger partial charge in [0, 0.05) is 33.7 Å². The molecule has 0 amide bonds. The molecule has 2 aliphatic rings. The van der Waals surface area contributed by atoms with Crippen LogP contribution in [0.4, 0.5) is 0 Å². The monoisotopic (exact) mass is 410 g/mol. The third-order valence-electron chi connectivity index (χ3n) is 6.95. The highest BCUT2D eigenvalue weighted by Crippen LogP contribution is 2.49. The molecule has 2 fully saturated rings. The van der Waals surface area contributed by atoms with E-state index in [1.807, 2.05) is 6.08 Å². The van der Waals surface area contributed by atoms with Gasteiger partial charge in [-0.15, -0.1) is 0 Å². The molecule has 0 aromatic carbocycles. The van der Waals surface area contributed by atoms with Crippen LogP contribution in [0.3, 0.4) is 0 Å². The number of hydrogen-bond acceptors (Lipinski definition) is 5. The number of aliphatic hydroxyl groups excluding tert-OH is 1. The second-order valence-electron chi connectivity index (χ2n) is 8.82. The molecule has 1 heterocycles. The third kappa shape index (κ3) is 6.38. The average molecular weight is 411 g/mol. The Kier molecular flexibility index (Phi) is 9.83. The summed E-state index contributed by atoms with van der Waals surface area (Å²) in [6.45, 7) is 8.57. The van der Waals surface area contributed by atoms with Crippen molar-refractivity contribution in [2.75, 3.05) is 21.3 Å². The first kappa shape index (κ1) is 24.5. The van der Waals surface area contributed by atoms with E-state index in [9.17, 15) is 5.11 Å². The Bertz CT molecular complexity index is 541. The van der Waals surface area contributed by atoms with Crippen LogP contribution in [0, 0.1) is 23.7 Å². The average Bonchev–Trinajstić information content (AvgIpc) is 3.54. The number of aliphatic hydroxyl groups is 1. The molecule has 1 aliphatic carbocycles. The van der Waals surface area contributed by atoms with Crippen molar-refractivity contribution in [1.29, 1.82) is 0 Å². The molecular weight excluding hydrogens is 368 g/mol. The lowest BCUT2D eigenvalue weighted by atomic mass is 9.91. The van der Waals surface area contributed by atoms with Crippen LogP contribution in [0.15, 0.2) is 23.8 Å². The molecule has 5 nitrogen and oxygen atoms in total. The van der Waals surface area contributed by atoms with E-state index in [1.165, 1.54) is 0 Å². The lowest BCUT2D eigenvalue weighted by Crippen LogP contribution is -2.41. The zero-order valence-electron chi connectivity index (χ0n) is 19.3. The molecule has 168 valence electrons. The lowest BCUT2D eigenvalue weighted by Gasteiger charge is -2.35. The van der Waals surface area contributed by atoms with Crippen LogP contribution in [0.2, 0.25) is 0 Å². The molecule has 29 heavy (non-hydrogen) atoms. The Morgan fingerprint density at radius 1 is 1.14 bits per heavy atom. The van der Waals surface area contributed by atoms with Gasteiger partial charge in [-0.1, -0.05) is 39.0 Å². The van der Waals surface area contributed by atoms with Crippen LogP contribution in [0.1, 0.15) is 53.4 Å². The summed E-state index contributed by atoms with van der Waals surface area (Å²) in [4.78, 5) is 0. The largest absolute Gasteiger partial charge is 0.392 e. The van der Waals surface area contributed by atoms with Crippen molar-refractivity contribution in [3.63, 3.8) is 0 Å². The molecule has 0 aromatic rings. The minimum absolute atomic E-state index is 0.0510. The van der Waals surface area contributed by atoms with Gasteiger partial charge in [-0.25, -0.2) is 0 Å². The molecule has 2 rings (SSSR count). The van der Waals surface area contributed by atoms with E-state index >= 15 is 0 Å². The fourth-order valence-corrected chi connectivity index (χ4v) is 4.83. The van der Waals surface area contributed by atoms with Gasteiger partial charge in [0.2, 0.25) is 0 Å². The molecule has 0 aromatic heterocycles. The number of methoxy groups -OCH3 is 3. The van der Waals surface area contributed by atoms with Crippen molar-refractivity contribution in [3.05, 3.63) is 23.8 Å². The van der Waals surface area contributed by atoms with Crippen molar-refractivity contribution in [1.82, 2.24) is 0 Å². The maximum absolute atomic E-state index is 10.8. The quantitative estimate of drug-likeness (QED) is 0.513. The molecule has 1 saturated heterocycles. The van der Waals surface area contributed by atoms with Crippen molar-refractivity contribution in [2.24, 2.45) is 23.7 Å². The summed E-state index contributed by atoms with van der Waals surface area (Å²) in [5.74, 6) is 1.54. The predicted octanol–water partition coefficient (Wildman–Crippen LogP) is 4.35. The summed E-state index contributed by atoms with van der Waals surface area (Å²) < 4.78 is 22.6. The summed E-state index contributed by atoms with van der Waals surface area (Å²) in [6.07, 6.45) is 9.85. The van der Waals surface area contributed by atoms with Gasteiger partial charge in [-0.3, -0.25) is 0 Å². The minimum Gasteiger partial charge on any atom is -0.392 e. The van der Waals surface area contributed by atoms with Crippen molar-refractivity contribution < 1.29 is 24.1 Å². The molecule has 5 heteroatoms. The van der Waals surface area contributed by atoms with Gasteiger partial charge in [-0.2, -0.15) is 0 Å². The molecule has 0 spiro atoms. The van der Waals surface area contributed by atoms with Crippen LogP contribution in [0.5, 0.6) is 0 Å². The van der Waals surface area contributed by atoms with E-state index in [1.54, 1.807) is 21.3 Å². The molecule has 1 aliphatic heterocycles. The van der Waals surface area contributed by atoms with Crippen molar-refractivity contribution >= 4 is 0 Å². The van der Waals surface area contributed by atoms with Gasteiger partial charge in [0.05, 0.1) is 18.3 Å². The summed E-state index contributed by atoms with van der Waals surface area (Å²) >= 11 is 0. The Balaban J connectivity index is 1.90. The maximum Gasteiger partial charge on any atom is 0.158 e. The van der Waals surface area contributed by atoms with E-state index in [2.05, 4.69) is 39.8 Å². The van der Waals surface area contributed by atoms with E-state index < -0.39 is 0 Å². The summed E-state index contributed by atoms with van der Waals surface area (Å²) in [6, 6.07) is 0. The zero-order chi connectivity index (χ0) is 21.6. The number of ether oxygens (including phenoxy) is 4. The molecule has 0 radical (unpaired) electrons. The number of hydrogen-bond donors (Lipinski definition) is 1. The summed E-state index contributed by atoms with van der Waals surface area (Å²) in [5.41, 5.74) is 1.11. The molecule has 1 saturated carbocycles. The zero-order valence-corrected chi connectivity index (χ0v) is 19.3. The van der Waals surface area contributed by atoms with Crippen LogP contribution in [-0.2, 0) is 18.9 Å². The van der Waals surface area contributed by atoms with E-state index in [-0.39, 0.29) is 36.6 Å². The first-order valence-corrected chi connectivity index (χ1v) is 11.1. The molecule has 0 bridgehead atoms. The van der Waals surface area contributed by atoms with Gasteiger partial charge in [-0.05, 0) is 49.5 Å². The Morgan fingerprint density at radius 2 is 1.86 bits per heavy atom. The summed E-state index contributed by atoms with van der Waals surface area (Å²) in [7, 11) is 5.20. The number of allylic oxidation sites excluding steroid dienone is 2. The highest BCUT2D eigenvalue weighted by molar-refractivity contribution is 5.17. The Morgan fingerprint density at radius 3 is 2.45 bits per heavy atom. The SMILES string of the molecule is CC[C@H](OC)[C@@H](C)[C@H]1CC1[C@H](O)[C@@H](C)/C=C/C=C(\C)[C@@H]1O[C@H](OC)CC[C@@H]1OC. The minimum atomic E-state index is -0.308. The Labute approximate surface area is 177 Å². The fraction of sp³-hybridized carbons (Fsp3) is 0.833. The maximum atomic E-state index is 10.8. The normalized spacial score (nSPS) is 34.8. The first-order valence-electron chi connectivity index (χ1n) is 11.1. The molecular formula is C24H42O5. The van der Waals surface area contributed by atoms with Crippen LogP contribution in [0.25, 0.3) is 0 Å². The van der Waals surface area contributed by atoms with Gasteiger partial charge >= 0.3 is 0 Å². The smallest absolute Gasteiger partial charge is 0.158 e. The van der Waals surface area contributed by atoms with Gasteiger partial charge in [0.15, 0.2) is 6.29 Å². The van der Waals surface area contributed by atoms with Gasteiger partial charge in [0.1, 0.15) is 6.10 Å². The van der Waals surface area contributed by atoms with E-state index in [0.29, 0.717) is 17.8 Å². The standard InChI is InChI=1S/C24H42O5/c1-8-20(26-5)17(4)18-14-19(18)23(25)15(2)10-9-11-16(3)24-21(27-6)12-13-22(28-7)29-24/h9-11,15,17-25H,8,12-14H2,1-7H3/b10-9+,16-11+/t15-,17-,18+,19?,20-,21-,22-,23+,24-/m0/s1. The first-order chi connectivity index (χ1) is 13.9. The van der Waals surface area contributed by atoms with Crippen molar-refractivity contribution in [2.45, 2.75) is 84.1 Å².